The summed E-state index contributed by atoms with van der Waals surface area (Å²) in [6.45, 7) is -0.142. The Morgan fingerprint density at radius 3 is 2.78 bits per heavy atom. The van der Waals surface area contributed by atoms with E-state index < -0.39 is 15.8 Å². The van der Waals surface area contributed by atoms with Gasteiger partial charge in [0, 0.05) is 24.1 Å². The predicted octanol–water partition coefficient (Wildman–Crippen LogP) is 0.609. The summed E-state index contributed by atoms with van der Waals surface area (Å²) in [6.07, 6.45) is 1.35. The molecule has 1 rings (SSSR count). The Hall–Kier alpha value is -1.42. The minimum Gasteiger partial charge on any atom is -0.395 e. The minimum absolute atomic E-state index is 0.0311. The van der Waals surface area contributed by atoms with E-state index in [1.54, 1.807) is 0 Å². The summed E-state index contributed by atoms with van der Waals surface area (Å²) in [5.41, 5.74) is 0.811. The van der Waals surface area contributed by atoms with E-state index in [1.165, 1.54) is 18.2 Å². The zero-order valence-electron chi connectivity index (χ0n) is 9.90. The fourth-order valence-electron chi connectivity index (χ4n) is 1.22. The molecule has 0 saturated heterocycles. The number of nitrogens with one attached hydrogen (secondary N) is 1. The van der Waals surface area contributed by atoms with Gasteiger partial charge in [0.05, 0.1) is 12.9 Å². The number of rotatable bonds is 4. The highest BCUT2D eigenvalue weighted by Crippen LogP contribution is 2.10. The molecule has 0 bridgehead atoms. The average Bonchev–Trinajstić information content (AvgIpc) is 2.29. The summed E-state index contributed by atoms with van der Waals surface area (Å²) in [4.78, 5) is 0. The van der Waals surface area contributed by atoms with Gasteiger partial charge in [0.15, 0.2) is 0 Å². The molecular weight excluding hydrogens is 257 g/mol. The van der Waals surface area contributed by atoms with E-state index in [9.17, 15) is 12.8 Å². The normalized spacial score (nSPS) is 10.8. The third kappa shape index (κ3) is 5.27. The van der Waals surface area contributed by atoms with Crippen molar-refractivity contribution >= 4 is 10.0 Å². The molecule has 0 fully saturated rings. The second kappa shape index (κ2) is 6.50. The first-order valence-electron chi connectivity index (χ1n) is 5.25. The van der Waals surface area contributed by atoms with Crippen molar-refractivity contribution in [1.29, 1.82) is 0 Å². The zero-order valence-corrected chi connectivity index (χ0v) is 10.7. The molecule has 0 unspecified atom stereocenters. The molecule has 0 amide bonds. The molecule has 0 spiro atoms. The SMILES string of the molecule is CS(=O)(=O)NCc1cc(C#CCCO)ccc1F. The average molecular weight is 271 g/mol. The predicted molar refractivity (Wildman–Crippen MR) is 66.7 cm³/mol. The molecule has 98 valence electrons. The van der Waals surface area contributed by atoms with Crippen molar-refractivity contribution in [3.63, 3.8) is 0 Å². The van der Waals surface area contributed by atoms with Crippen LogP contribution >= 0.6 is 0 Å². The molecule has 0 aliphatic heterocycles. The van der Waals surface area contributed by atoms with Gasteiger partial charge in [-0.1, -0.05) is 11.8 Å². The van der Waals surface area contributed by atoms with Crippen molar-refractivity contribution in [1.82, 2.24) is 4.72 Å². The van der Waals surface area contributed by atoms with E-state index >= 15 is 0 Å². The fraction of sp³-hybridized carbons (Fsp3) is 0.333. The van der Waals surface area contributed by atoms with Gasteiger partial charge in [-0.05, 0) is 18.2 Å². The van der Waals surface area contributed by atoms with Crippen molar-refractivity contribution in [2.45, 2.75) is 13.0 Å². The van der Waals surface area contributed by atoms with Crippen LogP contribution in [0, 0.1) is 17.7 Å². The highest BCUT2D eigenvalue weighted by atomic mass is 32.2. The summed E-state index contributed by atoms with van der Waals surface area (Å²) in [7, 11) is -3.36. The summed E-state index contributed by atoms with van der Waals surface area (Å²) in [6, 6.07) is 4.23. The topological polar surface area (TPSA) is 66.4 Å². The van der Waals surface area contributed by atoms with Crippen molar-refractivity contribution in [3.05, 3.63) is 35.1 Å². The molecule has 0 aliphatic carbocycles. The molecule has 0 aromatic heterocycles. The van der Waals surface area contributed by atoms with Gasteiger partial charge in [0.1, 0.15) is 5.82 Å². The van der Waals surface area contributed by atoms with Gasteiger partial charge in [0.2, 0.25) is 10.0 Å². The first kappa shape index (κ1) is 14.6. The van der Waals surface area contributed by atoms with Crippen molar-refractivity contribution in [2.75, 3.05) is 12.9 Å². The molecule has 0 atom stereocenters. The Balaban J connectivity index is 2.85. The molecule has 1 aromatic rings. The minimum atomic E-state index is -3.36. The van der Waals surface area contributed by atoms with Crippen molar-refractivity contribution in [2.24, 2.45) is 0 Å². The maximum Gasteiger partial charge on any atom is 0.209 e. The van der Waals surface area contributed by atoms with Gasteiger partial charge in [0.25, 0.3) is 0 Å². The van der Waals surface area contributed by atoms with Crippen LogP contribution in [0.3, 0.4) is 0 Å². The van der Waals surface area contributed by atoms with Crippen LogP contribution in [0.25, 0.3) is 0 Å². The van der Waals surface area contributed by atoms with Crippen LogP contribution in [0.4, 0.5) is 4.39 Å². The van der Waals surface area contributed by atoms with Gasteiger partial charge in [-0.2, -0.15) is 0 Å². The molecule has 6 heteroatoms. The van der Waals surface area contributed by atoms with Crippen LogP contribution in [0.5, 0.6) is 0 Å². The smallest absolute Gasteiger partial charge is 0.209 e. The van der Waals surface area contributed by atoms with E-state index in [1.807, 2.05) is 0 Å². The van der Waals surface area contributed by atoms with Crippen LogP contribution in [-0.4, -0.2) is 26.4 Å². The zero-order chi connectivity index (χ0) is 13.6. The third-order valence-corrected chi connectivity index (χ3v) is 2.71. The largest absolute Gasteiger partial charge is 0.395 e. The monoisotopic (exact) mass is 271 g/mol. The van der Waals surface area contributed by atoms with E-state index in [0.717, 1.165) is 6.26 Å². The van der Waals surface area contributed by atoms with E-state index in [2.05, 4.69) is 16.6 Å². The van der Waals surface area contributed by atoms with Crippen LogP contribution in [0.15, 0.2) is 18.2 Å². The third-order valence-electron chi connectivity index (χ3n) is 2.04. The number of aliphatic hydroxyl groups excluding tert-OH is 1. The van der Waals surface area contributed by atoms with Gasteiger partial charge in [-0.25, -0.2) is 17.5 Å². The number of hydrogen-bond donors (Lipinski definition) is 2. The first-order chi connectivity index (χ1) is 8.42. The molecule has 0 aliphatic rings. The lowest BCUT2D eigenvalue weighted by molar-refractivity contribution is 0.305. The molecule has 0 saturated carbocycles. The van der Waals surface area contributed by atoms with E-state index in [4.69, 9.17) is 5.11 Å². The van der Waals surface area contributed by atoms with Gasteiger partial charge in [-0.3, -0.25) is 0 Å². The first-order valence-corrected chi connectivity index (χ1v) is 7.14. The number of sulfonamides is 1. The number of hydrogen-bond acceptors (Lipinski definition) is 3. The maximum absolute atomic E-state index is 13.4. The molecule has 4 nitrogen and oxygen atoms in total. The summed E-state index contributed by atoms with van der Waals surface area (Å²) in [5.74, 6) is 4.98. The molecule has 1 aromatic carbocycles. The number of halogens is 1. The van der Waals surface area contributed by atoms with Gasteiger partial charge >= 0.3 is 0 Å². The maximum atomic E-state index is 13.4. The summed E-state index contributed by atoms with van der Waals surface area (Å²) >= 11 is 0. The van der Waals surface area contributed by atoms with Crippen LogP contribution in [0.1, 0.15) is 17.5 Å². The highest BCUT2D eigenvalue weighted by molar-refractivity contribution is 7.88. The fourth-order valence-corrected chi connectivity index (χ4v) is 1.63. The Labute approximate surface area is 106 Å². The van der Waals surface area contributed by atoms with Crippen molar-refractivity contribution < 1.29 is 17.9 Å². The second-order valence-electron chi connectivity index (χ2n) is 3.67. The summed E-state index contributed by atoms with van der Waals surface area (Å²) < 4.78 is 37.5. The summed E-state index contributed by atoms with van der Waals surface area (Å²) in [5, 5.41) is 8.58. The van der Waals surface area contributed by atoms with Gasteiger partial charge < -0.3 is 5.11 Å². The van der Waals surface area contributed by atoms with Crippen molar-refractivity contribution in [3.8, 4) is 11.8 Å². The Kier molecular flexibility index (Phi) is 5.28. The standard InChI is InChI=1S/C12H14FNO3S/c1-18(16,17)14-9-11-8-10(4-2-3-7-15)5-6-12(11)13/h5-6,8,14-15H,3,7,9H2,1H3. The molecule has 0 heterocycles. The van der Waals surface area contributed by atoms with Crippen LogP contribution < -0.4 is 4.72 Å². The molecule has 2 N–H and O–H groups in total. The number of aliphatic hydroxyl groups is 1. The van der Waals surface area contributed by atoms with Crippen LogP contribution in [0.2, 0.25) is 0 Å². The Morgan fingerprint density at radius 1 is 1.44 bits per heavy atom. The Morgan fingerprint density at radius 2 is 2.17 bits per heavy atom. The highest BCUT2D eigenvalue weighted by Gasteiger charge is 2.06. The Bertz CT molecular complexity index is 573. The van der Waals surface area contributed by atoms with Crippen LogP contribution in [-0.2, 0) is 16.6 Å². The quantitative estimate of drug-likeness (QED) is 0.788. The molecule has 0 radical (unpaired) electrons. The van der Waals surface area contributed by atoms with E-state index in [0.29, 0.717) is 12.0 Å². The number of benzene rings is 1. The molecule has 18 heavy (non-hydrogen) atoms. The lowest BCUT2D eigenvalue weighted by atomic mass is 10.1. The van der Waals surface area contributed by atoms with Gasteiger partial charge in [-0.15, -0.1) is 0 Å². The lowest BCUT2D eigenvalue weighted by Crippen LogP contribution is -2.21. The second-order valence-corrected chi connectivity index (χ2v) is 5.51. The van der Waals surface area contributed by atoms with E-state index in [-0.39, 0.29) is 18.7 Å². The molecular formula is C12H14FNO3S. The lowest BCUT2D eigenvalue weighted by Gasteiger charge is -2.04.